The minimum Gasteiger partial charge on any atom is -0.493 e. The van der Waals surface area contributed by atoms with Crippen molar-refractivity contribution in [3.63, 3.8) is 0 Å². The monoisotopic (exact) mass is 564 g/mol. The number of thiazole rings is 1. The third-order valence-electron chi connectivity index (χ3n) is 7.31. The van der Waals surface area contributed by atoms with Crippen molar-refractivity contribution in [1.29, 1.82) is 0 Å². The second kappa shape index (κ2) is 8.90. The Morgan fingerprint density at radius 3 is 2.32 bits per heavy atom. The van der Waals surface area contributed by atoms with Gasteiger partial charge in [0, 0.05) is 37.3 Å². The first-order chi connectivity index (χ1) is 18.1. The molecule has 1 atom stereocenters. The number of aromatic hydroxyl groups is 1. The molecule has 192 valence electrons. The summed E-state index contributed by atoms with van der Waals surface area (Å²) in [5.74, 6) is -0.450. The van der Waals surface area contributed by atoms with E-state index in [0.29, 0.717) is 27.0 Å². The number of aromatic nitrogens is 2. The molecule has 1 aliphatic rings. The molecular formula is C29H23Cl2FN4OS. The van der Waals surface area contributed by atoms with Crippen molar-refractivity contribution in [2.45, 2.75) is 38.1 Å². The van der Waals surface area contributed by atoms with Crippen LogP contribution in [0.5, 0.6) is 5.88 Å². The van der Waals surface area contributed by atoms with Gasteiger partial charge in [0.05, 0.1) is 11.2 Å². The van der Waals surface area contributed by atoms with E-state index in [2.05, 4.69) is 36.0 Å². The topological polar surface area (TPSA) is 62.8 Å². The SMILES string of the molecule is CC1(c2ccc(Cl)cc2)CC(C)(C)n2c(O)c(N=Nc3nc(-c4ccc(Cl)cc4)cs3)c3cc(F)cc1c32. The second-order valence-corrected chi connectivity index (χ2v) is 12.1. The summed E-state index contributed by atoms with van der Waals surface area (Å²) in [5.41, 5.74) is 3.40. The molecule has 1 unspecified atom stereocenters. The van der Waals surface area contributed by atoms with Crippen molar-refractivity contribution in [3.8, 4) is 17.1 Å². The minimum absolute atomic E-state index is 0.0479. The number of nitrogens with zero attached hydrogens (tertiary/aromatic N) is 4. The van der Waals surface area contributed by atoms with Crippen LogP contribution in [0.3, 0.4) is 0 Å². The van der Waals surface area contributed by atoms with Gasteiger partial charge in [-0.1, -0.05) is 54.4 Å². The molecule has 3 heterocycles. The molecule has 6 rings (SSSR count). The number of halogens is 3. The van der Waals surface area contributed by atoms with Gasteiger partial charge in [-0.3, -0.25) is 0 Å². The molecule has 0 fully saturated rings. The second-order valence-electron chi connectivity index (χ2n) is 10.4. The highest BCUT2D eigenvalue weighted by atomic mass is 35.5. The van der Waals surface area contributed by atoms with E-state index in [1.54, 1.807) is 18.2 Å². The van der Waals surface area contributed by atoms with Crippen LogP contribution >= 0.6 is 34.5 Å². The summed E-state index contributed by atoms with van der Waals surface area (Å²) in [6.45, 7) is 6.23. The first-order valence-electron chi connectivity index (χ1n) is 12.0. The van der Waals surface area contributed by atoms with Crippen molar-refractivity contribution in [1.82, 2.24) is 9.55 Å². The van der Waals surface area contributed by atoms with Gasteiger partial charge < -0.3 is 9.67 Å². The molecule has 38 heavy (non-hydrogen) atoms. The Labute approximate surface area is 233 Å². The lowest BCUT2D eigenvalue weighted by molar-refractivity contribution is 0.236. The van der Waals surface area contributed by atoms with Gasteiger partial charge in [0.1, 0.15) is 5.82 Å². The molecule has 5 nitrogen and oxygen atoms in total. The standard InChI is InChI=1S/C29H23Cl2FN4OS/c1-28(2)15-29(3,17-6-10-19(31)11-7-17)22-13-20(32)12-21-24(26(37)36(28)25(21)22)34-35-27-33-23(14-38-27)16-4-8-18(30)9-5-16/h4-14,37H,15H2,1-3H3. The lowest BCUT2D eigenvalue weighted by Gasteiger charge is -2.45. The Morgan fingerprint density at radius 1 is 0.974 bits per heavy atom. The number of hydrogen-bond acceptors (Lipinski definition) is 5. The lowest BCUT2D eigenvalue weighted by Crippen LogP contribution is -2.41. The van der Waals surface area contributed by atoms with Crippen LogP contribution in [0.25, 0.3) is 22.2 Å². The Hall–Kier alpha value is -3.26. The zero-order valence-corrected chi connectivity index (χ0v) is 23.2. The van der Waals surface area contributed by atoms with Crippen LogP contribution in [0.1, 0.15) is 38.3 Å². The maximum atomic E-state index is 15.1. The molecule has 9 heteroatoms. The van der Waals surface area contributed by atoms with Gasteiger partial charge in [-0.15, -0.1) is 21.6 Å². The molecule has 0 aliphatic carbocycles. The van der Waals surface area contributed by atoms with Crippen molar-refractivity contribution in [3.05, 3.63) is 93.0 Å². The zero-order valence-electron chi connectivity index (χ0n) is 20.8. The Kier molecular flexibility index (Phi) is 5.87. The van der Waals surface area contributed by atoms with Crippen LogP contribution in [-0.2, 0) is 11.0 Å². The van der Waals surface area contributed by atoms with Crippen molar-refractivity contribution in [2.75, 3.05) is 0 Å². The van der Waals surface area contributed by atoms with Gasteiger partial charge >= 0.3 is 0 Å². The maximum absolute atomic E-state index is 15.1. The van der Waals surface area contributed by atoms with Crippen LogP contribution in [0.15, 0.2) is 76.3 Å². The number of rotatable bonds is 4. The van der Waals surface area contributed by atoms with E-state index in [0.717, 1.165) is 27.9 Å². The Bertz CT molecular complexity index is 1720. The zero-order chi connectivity index (χ0) is 26.8. The summed E-state index contributed by atoms with van der Waals surface area (Å²) < 4.78 is 17.0. The maximum Gasteiger partial charge on any atom is 0.230 e. The van der Waals surface area contributed by atoms with E-state index in [1.807, 2.05) is 46.3 Å². The summed E-state index contributed by atoms with van der Waals surface area (Å²) in [6.07, 6.45) is 0.628. The third kappa shape index (κ3) is 4.01. The fraction of sp³-hybridized carbons (Fsp3) is 0.207. The molecular weight excluding hydrogens is 542 g/mol. The molecule has 0 saturated carbocycles. The van der Waals surface area contributed by atoms with Crippen molar-refractivity contribution in [2.24, 2.45) is 10.2 Å². The average molecular weight is 566 g/mol. The summed E-state index contributed by atoms with van der Waals surface area (Å²) >= 11 is 13.5. The van der Waals surface area contributed by atoms with E-state index in [-0.39, 0.29) is 11.6 Å². The highest BCUT2D eigenvalue weighted by Crippen LogP contribution is 2.55. The first kappa shape index (κ1) is 25.0. The summed E-state index contributed by atoms with van der Waals surface area (Å²) in [4.78, 5) is 4.55. The van der Waals surface area contributed by atoms with Crippen LogP contribution in [0.4, 0.5) is 15.2 Å². The van der Waals surface area contributed by atoms with E-state index >= 15 is 4.39 Å². The number of hydrogen-bond donors (Lipinski definition) is 1. The van der Waals surface area contributed by atoms with E-state index in [1.165, 1.54) is 17.4 Å². The number of azo groups is 1. The van der Waals surface area contributed by atoms with Gasteiger partial charge in [0.25, 0.3) is 0 Å². The fourth-order valence-corrected chi connectivity index (χ4v) is 6.63. The fourth-order valence-electron chi connectivity index (χ4n) is 5.73. The quantitative estimate of drug-likeness (QED) is 0.221. The van der Waals surface area contributed by atoms with Gasteiger partial charge in [0.15, 0.2) is 5.69 Å². The van der Waals surface area contributed by atoms with E-state index in [9.17, 15) is 5.11 Å². The van der Waals surface area contributed by atoms with Crippen LogP contribution in [0.2, 0.25) is 10.0 Å². The molecule has 3 aromatic carbocycles. The predicted octanol–water partition coefficient (Wildman–Crippen LogP) is 9.78. The average Bonchev–Trinajstić information content (AvgIpc) is 3.44. The molecule has 0 amide bonds. The molecule has 0 bridgehead atoms. The molecule has 2 aromatic heterocycles. The molecule has 1 aliphatic heterocycles. The molecule has 5 aromatic rings. The summed E-state index contributed by atoms with van der Waals surface area (Å²) in [7, 11) is 0. The third-order valence-corrected chi connectivity index (χ3v) is 8.54. The lowest BCUT2D eigenvalue weighted by atomic mass is 9.66. The van der Waals surface area contributed by atoms with E-state index in [4.69, 9.17) is 23.2 Å². The predicted molar refractivity (Wildman–Crippen MR) is 152 cm³/mol. The van der Waals surface area contributed by atoms with Crippen LogP contribution in [-0.4, -0.2) is 14.7 Å². The van der Waals surface area contributed by atoms with Gasteiger partial charge in [-0.05, 0) is 67.8 Å². The minimum atomic E-state index is -0.521. The van der Waals surface area contributed by atoms with Gasteiger partial charge in [-0.25, -0.2) is 9.37 Å². The smallest absolute Gasteiger partial charge is 0.230 e. The Balaban J connectivity index is 1.49. The largest absolute Gasteiger partial charge is 0.493 e. The highest BCUT2D eigenvalue weighted by molar-refractivity contribution is 7.13. The summed E-state index contributed by atoms with van der Waals surface area (Å²) in [6, 6.07) is 18.0. The molecule has 0 spiro atoms. The van der Waals surface area contributed by atoms with Gasteiger partial charge in [0.2, 0.25) is 11.0 Å². The number of benzene rings is 3. The summed E-state index contributed by atoms with van der Waals surface area (Å²) in [5, 5.41) is 24.2. The van der Waals surface area contributed by atoms with Crippen molar-refractivity contribution < 1.29 is 9.50 Å². The van der Waals surface area contributed by atoms with Crippen molar-refractivity contribution >= 4 is 56.3 Å². The highest BCUT2D eigenvalue weighted by Gasteiger charge is 2.45. The molecule has 0 saturated heterocycles. The normalized spacial score (nSPS) is 18.5. The van der Waals surface area contributed by atoms with Crippen LogP contribution in [0, 0.1) is 5.82 Å². The Morgan fingerprint density at radius 2 is 1.63 bits per heavy atom. The first-order valence-corrected chi connectivity index (χ1v) is 13.7. The molecule has 1 N–H and O–H groups in total. The van der Waals surface area contributed by atoms with E-state index < -0.39 is 16.8 Å². The van der Waals surface area contributed by atoms with Gasteiger partial charge in [-0.2, -0.15) is 0 Å². The molecule has 0 radical (unpaired) electrons. The van der Waals surface area contributed by atoms with Crippen LogP contribution < -0.4 is 0 Å².